The summed E-state index contributed by atoms with van der Waals surface area (Å²) in [6.07, 6.45) is 0.738. The first-order chi connectivity index (χ1) is 13.4. The Bertz CT molecular complexity index is 855. The Labute approximate surface area is 168 Å². The maximum atomic E-state index is 12.0. The summed E-state index contributed by atoms with van der Waals surface area (Å²) in [6.45, 7) is 2.39. The molecule has 0 fully saturated rings. The number of hydrogen-bond acceptors (Lipinski definition) is 6. The van der Waals surface area contributed by atoms with Gasteiger partial charge < -0.3 is 20.1 Å². The van der Waals surface area contributed by atoms with Crippen molar-refractivity contribution in [3.8, 4) is 11.5 Å². The zero-order valence-corrected chi connectivity index (χ0v) is 16.4. The second-order valence-corrected chi connectivity index (χ2v) is 6.32. The predicted octanol–water partition coefficient (Wildman–Crippen LogP) is 3.58. The van der Waals surface area contributed by atoms with Gasteiger partial charge in [0.05, 0.1) is 24.3 Å². The van der Waals surface area contributed by atoms with E-state index in [9.17, 15) is 14.9 Å². The Morgan fingerprint density at radius 1 is 1.21 bits per heavy atom. The topological polar surface area (TPSA) is 103 Å². The Hall–Kier alpha value is -3.20. The van der Waals surface area contributed by atoms with E-state index in [-0.39, 0.29) is 23.1 Å². The van der Waals surface area contributed by atoms with Crippen LogP contribution in [0.25, 0.3) is 0 Å². The largest absolute Gasteiger partial charge is 0.495 e. The van der Waals surface area contributed by atoms with E-state index in [1.807, 2.05) is 31.2 Å². The van der Waals surface area contributed by atoms with E-state index in [2.05, 4.69) is 10.6 Å². The molecule has 0 saturated heterocycles. The molecule has 0 spiro atoms. The van der Waals surface area contributed by atoms with Crippen molar-refractivity contribution in [3.05, 3.63) is 58.1 Å². The lowest BCUT2D eigenvalue weighted by atomic mass is 10.2. The summed E-state index contributed by atoms with van der Waals surface area (Å²) in [5, 5.41) is 16.2. The number of carbonyl (C=O) groups is 1. The minimum atomic E-state index is -0.527. The smallest absolute Gasteiger partial charge is 0.271 e. The van der Waals surface area contributed by atoms with Gasteiger partial charge in [0, 0.05) is 18.6 Å². The molecule has 2 aromatic rings. The van der Waals surface area contributed by atoms with Crippen LogP contribution in [-0.4, -0.2) is 29.7 Å². The first-order valence-corrected chi connectivity index (χ1v) is 8.92. The standard InChI is InChI=1S/C19H21N3O5S/c1-13-5-8-15(9-6-13)27-11-3-4-18(23)21-19(28)20-16-12-14(22(24)25)7-10-17(16)26-2/h5-10,12H,3-4,11H2,1-2H3,(H2,20,21,23,28). The van der Waals surface area contributed by atoms with Crippen molar-refractivity contribution in [2.75, 3.05) is 19.0 Å². The van der Waals surface area contributed by atoms with Crippen LogP contribution in [-0.2, 0) is 4.79 Å². The van der Waals surface area contributed by atoms with E-state index in [1.165, 1.54) is 25.3 Å². The van der Waals surface area contributed by atoms with Crippen molar-refractivity contribution >= 4 is 34.6 Å². The number of nitrogens with zero attached hydrogens (tertiary/aromatic N) is 1. The minimum Gasteiger partial charge on any atom is -0.495 e. The van der Waals surface area contributed by atoms with Crippen molar-refractivity contribution in [1.82, 2.24) is 5.32 Å². The van der Waals surface area contributed by atoms with E-state index in [0.717, 1.165) is 11.3 Å². The summed E-state index contributed by atoms with van der Waals surface area (Å²) in [5.41, 5.74) is 1.32. The second kappa shape index (κ2) is 10.2. The summed E-state index contributed by atoms with van der Waals surface area (Å²) < 4.78 is 10.7. The number of rotatable bonds is 8. The lowest BCUT2D eigenvalue weighted by molar-refractivity contribution is -0.384. The highest BCUT2D eigenvalue weighted by molar-refractivity contribution is 7.80. The van der Waals surface area contributed by atoms with Crippen LogP contribution in [0.1, 0.15) is 18.4 Å². The van der Waals surface area contributed by atoms with Gasteiger partial charge in [-0.2, -0.15) is 0 Å². The van der Waals surface area contributed by atoms with Crippen molar-refractivity contribution in [2.24, 2.45) is 0 Å². The quantitative estimate of drug-likeness (QED) is 0.300. The normalized spacial score (nSPS) is 10.1. The molecule has 2 aromatic carbocycles. The first-order valence-electron chi connectivity index (χ1n) is 8.52. The lowest BCUT2D eigenvalue weighted by Crippen LogP contribution is -2.34. The Morgan fingerprint density at radius 3 is 2.57 bits per heavy atom. The van der Waals surface area contributed by atoms with Gasteiger partial charge in [0.25, 0.3) is 5.69 Å². The summed E-state index contributed by atoms with van der Waals surface area (Å²) in [4.78, 5) is 22.4. The molecule has 2 rings (SSSR count). The van der Waals surface area contributed by atoms with Crippen molar-refractivity contribution in [2.45, 2.75) is 19.8 Å². The van der Waals surface area contributed by atoms with Gasteiger partial charge in [0.2, 0.25) is 5.91 Å². The molecular formula is C19H21N3O5S. The van der Waals surface area contributed by atoms with Crippen LogP contribution >= 0.6 is 12.2 Å². The van der Waals surface area contributed by atoms with E-state index < -0.39 is 4.92 Å². The molecular weight excluding hydrogens is 382 g/mol. The van der Waals surface area contributed by atoms with Gasteiger partial charge in [-0.25, -0.2) is 0 Å². The molecule has 148 valence electrons. The first kappa shape index (κ1) is 21.1. The Kier molecular flexibility index (Phi) is 7.70. The molecule has 28 heavy (non-hydrogen) atoms. The average molecular weight is 403 g/mol. The third-order valence-electron chi connectivity index (χ3n) is 3.73. The number of nitrogens with one attached hydrogen (secondary N) is 2. The van der Waals surface area contributed by atoms with Gasteiger partial charge in [0.15, 0.2) is 5.11 Å². The van der Waals surface area contributed by atoms with Crippen LogP contribution in [0, 0.1) is 17.0 Å². The zero-order valence-electron chi connectivity index (χ0n) is 15.6. The summed E-state index contributed by atoms with van der Waals surface area (Å²) in [7, 11) is 1.43. The fraction of sp³-hybridized carbons (Fsp3) is 0.263. The molecule has 0 radical (unpaired) electrons. The third kappa shape index (κ3) is 6.51. The highest BCUT2D eigenvalue weighted by Gasteiger charge is 2.13. The molecule has 1 amide bonds. The van der Waals surface area contributed by atoms with Gasteiger partial charge in [-0.15, -0.1) is 0 Å². The number of aryl methyl sites for hydroxylation is 1. The Morgan fingerprint density at radius 2 is 1.93 bits per heavy atom. The van der Waals surface area contributed by atoms with Crippen LogP contribution in [0.3, 0.4) is 0 Å². The molecule has 9 heteroatoms. The summed E-state index contributed by atoms with van der Waals surface area (Å²) in [5.74, 6) is 0.837. The number of thiocarbonyl (C=S) groups is 1. The molecule has 2 N–H and O–H groups in total. The number of methoxy groups -OCH3 is 1. The molecule has 0 bridgehead atoms. The third-order valence-corrected chi connectivity index (χ3v) is 3.94. The molecule has 0 aliphatic carbocycles. The average Bonchev–Trinajstić information content (AvgIpc) is 2.66. The Balaban J connectivity index is 1.79. The number of benzene rings is 2. The summed E-state index contributed by atoms with van der Waals surface area (Å²) in [6, 6.07) is 11.7. The summed E-state index contributed by atoms with van der Waals surface area (Å²) >= 11 is 5.10. The van der Waals surface area contributed by atoms with E-state index >= 15 is 0 Å². The van der Waals surface area contributed by atoms with E-state index in [1.54, 1.807) is 0 Å². The molecule has 0 aromatic heterocycles. The number of nitro benzene ring substituents is 1. The number of hydrogen-bond donors (Lipinski definition) is 2. The van der Waals surface area contributed by atoms with Gasteiger partial charge in [-0.1, -0.05) is 17.7 Å². The number of carbonyl (C=O) groups excluding carboxylic acids is 1. The van der Waals surface area contributed by atoms with Crippen LogP contribution < -0.4 is 20.1 Å². The maximum Gasteiger partial charge on any atom is 0.271 e. The van der Waals surface area contributed by atoms with Crippen LogP contribution in [0.4, 0.5) is 11.4 Å². The van der Waals surface area contributed by atoms with Crippen molar-refractivity contribution in [1.29, 1.82) is 0 Å². The molecule has 0 saturated carbocycles. The van der Waals surface area contributed by atoms with Crippen molar-refractivity contribution < 1.29 is 19.2 Å². The molecule has 0 unspecified atom stereocenters. The molecule has 0 heterocycles. The maximum absolute atomic E-state index is 12.0. The van der Waals surface area contributed by atoms with Gasteiger partial charge >= 0.3 is 0 Å². The fourth-order valence-corrected chi connectivity index (χ4v) is 2.53. The molecule has 8 nitrogen and oxygen atoms in total. The highest BCUT2D eigenvalue weighted by Crippen LogP contribution is 2.28. The number of anilines is 1. The number of ether oxygens (including phenoxy) is 2. The number of non-ortho nitro benzene ring substituents is 1. The zero-order chi connectivity index (χ0) is 20.5. The van der Waals surface area contributed by atoms with Crippen LogP contribution in [0.2, 0.25) is 0 Å². The monoisotopic (exact) mass is 403 g/mol. The molecule has 0 aliphatic heterocycles. The van der Waals surface area contributed by atoms with E-state index in [4.69, 9.17) is 21.7 Å². The van der Waals surface area contributed by atoms with Crippen molar-refractivity contribution in [3.63, 3.8) is 0 Å². The van der Waals surface area contributed by atoms with Gasteiger partial charge in [-0.3, -0.25) is 14.9 Å². The number of amides is 1. The molecule has 0 atom stereocenters. The van der Waals surface area contributed by atoms with Gasteiger partial charge in [0.1, 0.15) is 11.5 Å². The minimum absolute atomic E-state index is 0.0308. The highest BCUT2D eigenvalue weighted by atomic mass is 32.1. The number of nitro groups is 1. The van der Waals surface area contributed by atoms with Gasteiger partial charge in [-0.05, 0) is 43.8 Å². The van der Waals surface area contributed by atoms with Crippen LogP contribution in [0.15, 0.2) is 42.5 Å². The fourth-order valence-electron chi connectivity index (χ4n) is 2.31. The lowest BCUT2D eigenvalue weighted by Gasteiger charge is -2.12. The van der Waals surface area contributed by atoms with Crippen LogP contribution in [0.5, 0.6) is 11.5 Å². The SMILES string of the molecule is COc1ccc([N+](=O)[O-])cc1NC(=S)NC(=O)CCCOc1ccc(C)cc1. The second-order valence-electron chi connectivity index (χ2n) is 5.91. The van der Waals surface area contributed by atoms with E-state index in [0.29, 0.717) is 24.5 Å². The predicted molar refractivity (Wildman–Crippen MR) is 110 cm³/mol. The molecule has 0 aliphatic rings.